The summed E-state index contributed by atoms with van der Waals surface area (Å²) >= 11 is 0. The van der Waals surface area contributed by atoms with Crippen molar-refractivity contribution in [3.63, 3.8) is 0 Å². The number of Topliss-reactive ketones (excluding diaryl/α,β-unsaturated/α-hetero) is 1. The molecule has 0 aliphatic heterocycles. The summed E-state index contributed by atoms with van der Waals surface area (Å²) in [7, 11) is 1.95. The number of aryl methyl sites for hydroxylation is 1. The number of ketones is 1. The summed E-state index contributed by atoms with van der Waals surface area (Å²) < 4.78 is 1.92. The molecular formula is C15H19N3O. The zero-order valence-electron chi connectivity index (χ0n) is 11.4. The Kier molecular flexibility index (Phi) is 4.34. The highest BCUT2D eigenvalue weighted by Crippen LogP contribution is 2.12. The molecule has 1 heterocycles. The molecule has 0 atom stereocenters. The summed E-state index contributed by atoms with van der Waals surface area (Å²) in [6, 6.07) is 7.62. The van der Waals surface area contributed by atoms with Gasteiger partial charge in [-0.1, -0.05) is 6.92 Å². The van der Waals surface area contributed by atoms with Crippen molar-refractivity contribution >= 4 is 11.5 Å². The number of anilines is 1. The van der Waals surface area contributed by atoms with Gasteiger partial charge >= 0.3 is 0 Å². The molecule has 1 N–H and O–H groups in total. The first-order valence-electron chi connectivity index (χ1n) is 6.53. The molecule has 0 fully saturated rings. The number of benzene rings is 1. The lowest BCUT2D eigenvalue weighted by Gasteiger charge is -2.05. The number of nitrogens with zero attached hydrogens (tertiary/aromatic N) is 2. The van der Waals surface area contributed by atoms with E-state index in [9.17, 15) is 4.79 Å². The van der Waals surface area contributed by atoms with E-state index < -0.39 is 0 Å². The lowest BCUT2D eigenvalue weighted by Crippen LogP contribution is -2.01. The Morgan fingerprint density at radius 3 is 2.63 bits per heavy atom. The van der Waals surface area contributed by atoms with Crippen molar-refractivity contribution < 1.29 is 4.79 Å². The van der Waals surface area contributed by atoms with Crippen molar-refractivity contribution in [3.05, 3.63) is 48.0 Å². The van der Waals surface area contributed by atoms with Gasteiger partial charge in [-0.2, -0.15) is 0 Å². The molecule has 0 spiro atoms. The minimum Gasteiger partial charge on any atom is -0.379 e. The van der Waals surface area contributed by atoms with Crippen LogP contribution >= 0.6 is 0 Å². The molecule has 0 saturated carbocycles. The fraction of sp³-hybridized carbons (Fsp3) is 0.333. The maximum Gasteiger partial charge on any atom is 0.162 e. The van der Waals surface area contributed by atoms with Gasteiger partial charge in [0.15, 0.2) is 5.78 Å². The van der Waals surface area contributed by atoms with Crippen molar-refractivity contribution in [3.8, 4) is 0 Å². The molecule has 1 aromatic heterocycles. The number of carbonyl (C=O) groups excluding carboxylic acids is 1. The maximum absolute atomic E-state index is 11.7. The van der Waals surface area contributed by atoms with Crippen LogP contribution in [0.1, 0.15) is 35.8 Å². The molecule has 0 unspecified atom stereocenters. The number of hydrogen-bond acceptors (Lipinski definition) is 3. The van der Waals surface area contributed by atoms with Gasteiger partial charge in [0.1, 0.15) is 0 Å². The van der Waals surface area contributed by atoms with Crippen molar-refractivity contribution in [1.82, 2.24) is 9.55 Å². The fourth-order valence-electron chi connectivity index (χ4n) is 1.90. The van der Waals surface area contributed by atoms with Gasteiger partial charge in [0, 0.05) is 30.9 Å². The van der Waals surface area contributed by atoms with E-state index >= 15 is 0 Å². The summed E-state index contributed by atoms with van der Waals surface area (Å²) in [5.41, 5.74) is 2.78. The molecule has 0 bridgehead atoms. The molecule has 0 radical (unpaired) electrons. The molecule has 2 rings (SSSR count). The predicted molar refractivity (Wildman–Crippen MR) is 76.2 cm³/mol. The third-order valence-corrected chi connectivity index (χ3v) is 2.92. The third kappa shape index (κ3) is 3.68. The van der Waals surface area contributed by atoms with Crippen LogP contribution in [0.15, 0.2) is 36.8 Å². The molecule has 0 saturated heterocycles. The van der Waals surface area contributed by atoms with Gasteiger partial charge in [0.05, 0.1) is 18.6 Å². The van der Waals surface area contributed by atoms with Crippen LogP contribution in [0.4, 0.5) is 5.69 Å². The predicted octanol–water partition coefficient (Wildman–Crippen LogP) is 3.02. The van der Waals surface area contributed by atoms with Crippen molar-refractivity contribution in [1.29, 1.82) is 0 Å². The van der Waals surface area contributed by atoms with E-state index in [2.05, 4.69) is 10.3 Å². The van der Waals surface area contributed by atoms with Crippen LogP contribution in [0, 0.1) is 0 Å². The largest absolute Gasteiger partial charge is 0.379 e. The Balaban J connectivity index is 1.93. The lowest BCUT2D eigenvalue weighted by atomic mass is 10.1. The second-order valence-electron chi connectivity index (χ2n) is 4.63. The number of carbonyl (C=O) groups is 1. The molecule has 4 nitrogen and oxygen atoms in total. The Bertz CT molecular complexity index is 543. The van der Waals surface area contributed by atoms with Crippen LogP contribution in [0.2, 0.25) is 0 Å². The van der Waals surface area contributed by atoms with Crippen molar-refractivity contribution in [2.45, 2.75) is 26.3 Å². The first kappa shape index (κ1) is 13.3. The minimum absolute atomic E-state index is 0.207. The lowest BCUT2D eigenvalue weighted by molar-refractivity contribution is 0.0982. The number of nitrogens with one attached hydrogen (secondary N) is 1. The number of aromatic nitrogens is 2. The first-order valence-corrected chi connectivity index (χ1v) is 6.53. The monoisotopic (exact) mass is 257 g/mol. The van der Waals surface area contributed by atoms with Crippen LogP contribution in [0.5, 0.6) is 0 Å². The molecule has 0 aliphatic rings. The molecule has 1 aromatic carbocycles. The quantitative estimate of drug-likeness (QED) is 0.809. The van der Waals surface area contributed by atoms with E-state index in [0.29, 0.717) is 13.0 Å². The molecule has 2 aromatic rings. The van der Waals surface area contributed by atoms with E-state index in [1.807, 2.05) is 49.0 Å². The average molecular weight is 257 g/mol. The molecule has 4 heteroatoms. The van der Waals surface area contributed by atoms with Crippen LogP contribution in [-0.2, 0) is 13.6 Å². The van der Waals surface area contributed by atoms with Crippen LogP contribution in [0.25, 0.3) is 0 Å². The average Bonchev–Trinajstić information content (AvgIpc) is 2.83. The summed E-state index contributed by atoms with van der Waals surface area (Å²) in [5, 5.41) is 3.29. The van der Waals surface area contributed by atoms with Crippen LogP contribution < -0.4 is 5.32 Å². The van der Waals surface area contributed by atoms with Gasteiger partial charge in [-0.25, -0.2) is 4.98 Å². The van der Waals surface area contributed by atoms with Crippen LogP contribution in [-0.4, -0.2) is 15.3 Å². The van der Waals surface area contributed by atoms with Gasteiger partial charge in [0.2, 0.25) is 0 Å². The van der Waals surface area contributed by atoms with Gasteiger partial charge in [-0.3, -0.25) is 4.79 Å². The van der Waals surface area contributed by atoms with E-state index in [1.165, 1.54) is 0 Å². The smallest absolute Gasteiger partial charge is 0.162 e. The molecule has 100 valence electrons. The Hall–Kier alpha value is -2.10. The standard InChI is InChI=1S/C15H19N3O/c1-3-4-15(19)12-5-7-13(8-6-12)16-9-14-10-18(2)11-17-14/h5-8,10-11,16H,3-4,9H2,1-2H3. The van der Waals surface area contributed by atoms with Crippen LogP contribution in [0.3, 0.4) is 0 Å². The first-order chi connectivity index (χ1) is 9.19. The van der Waals surface area contributed by atoms with Crippen molar-refractivity contribution in [2.24, 2.45) is 7.05 Å². The van der Waals surface area contributed by atoms with Gasteiger partial charge in [-0.05, 0) is 30.7 Å². The highest BCUT2D eigenvalue weighted by atomic mass is 16.1. The highest BCUT2D eigenvalue weighted by Gasteiger charge is 2.04. The number of rotatable bonds is 6. The maximum atomic E-state index is 11.7. The Morgan fingerprint density at radius 2 is 2.05 bits per heavy atom. The molecule has 19 heavy (non-hydrogen) atoms. The highest BCUT2D eigenvalue weighted by molar-refractivity contribution is 5.96. The third-order valence-electron chi connectivity index (χ3n) is 2.92. The summed E-state index contributed by atoms with van der Waals surface area (Å²) in [4.78, 5) is 16.0. The fourth-order valence-corrected chi connectivity index (χ4v) is 1.90. The van der Waals surface area contributed by atoms with E-state index in [-0.39, 0.29) is 5.78 Å². The summed E-state index contributed by atoms with van der Waals surface area (Å²) in [5.74, 6) is 0.207. The van der Waals surface area contributed by atoms with E-state index in [4.69, 9.17) is 0 Å². The summed E-state index contributed by atoms with van der Waals surface area (Å²) in [6.45, 7) is 2.70. The molecular weight excluding hydrogens is 238 g/mol. The van der Waals surface area contributed by atoms with E-state index in [1.54, 1.807) is 6.33 Å². The van der Waals surface area contributed by atoms with Gasteiger partial charge < -0.3 is 9.88 Å². The number of imidazole rings is 1. The second-order valence-corrected chi connectivity index (χ2v) is 4.63. The number of hydrogen-bond donors (Lipinski definition) is 1. The normalized spacial score (nSPS) is 10.4. The van der Waals surface area contributed by atoms with Crippen molar-refractivity contribution in [2.75, 3.05) is 5.32 Å². The Labute approximate surface area is 113 Å². The van der Waals surface area contributed by atoms with E-state index in [0.717, 1.165) is 23.4 Å². The van der Waals surface area contributed by atoms with Gasteiger partial charge in [-0.15, -0.1) is 0 Å². The van der Waals surface area contributed by atoms with Gasteiger partial charge in [0.25, 0.3) is 0 Å². The minimum atomic E-state index is 0.207. The second kappa shape index (κ2) is 6.18. The Morgan fingerprint density at radius 1 is 1.32 bits per heavy atom. The summed E-state index contributed by atoms with van der Waals surface area (Å²) in [6.07, 6.45) is 5.26. The zero-order chi connectivity index (χ0) is 13.7. The molecule has 0 aliphatic carbocycles. The molecule has 0 amide bonds. The zero-order valence-corrected chi connectivity index (χ0v) is 11.4. The SMILES string of the molecule is CCCC(=O)c1ccc(NCc2cn(C)cn2)cc1. The topological polar surface area (TPSA) is 46.9 Å².